The summed E-state index contributed by atoms with van der Waals surface area (Å²) in [5.41, 5.74) is 0.715. The first-order valence-electron chi connectivity index (χ1n) is 8.94. The molecule has 1 aliphatic heterocycles. The average molecular weight is 350 g/mol. The van der Waals surface area contributed by atoms with Gasteiger partial charge in [-0.3, -0.25) is 14.5 Å². The molecule has 0 saturated carbocycles. The molecule has 1 aromatic carbocycles. The third-order valence-electron chi connectivity index (χ3n) is 3.82. The monoisotopic (exact) mass is 350 g/mol. The molecule has 0 spiro atoms. The Balaban J connectivity index is 1.93. The number of carbonyl (C=O) groups excluding carboxylic acids is 1. The summed E-state index contributed by atoms with van der Waals surface area (Å²) in [6, 6.07) is 9.78. The minimum atomic E-state index is -0.366. The van der Waals surface area contributed by atoms with Crippen LogP contribution in [0, 0.1) is 0 Å². The summed E-state index contributed by atoms with van der Waals surface area (Å²) in [4.78, 5) is 23.8. The minimum absolute atomic E-state index is 0.0358. The quantitative estimate of drug-likeness (QED) is 0.603. The van der Waals surface area contributed by atoms with E-state index >= 15 is 0 Å². The van der Waals surface area contributed by atoms with E-state index in [2.05, 4.69) is 5.32 Å². The summed E-state index contributed by atoms with van der Waals surface area (Å²) in [5.74, 6) is -0.186. The van der Waals surface area contributed by atoms with E-state index in [1.807, 2.05) is 58.0 Å². The number of nitrogens with zero attached hydrogens (tertiary/aromatic N) is 1. The van der Waals surface area contributed by atoms with Crippen LogP contribution in [0.1, 0.15) is 46.1 Å². The number of benzene rings is 1. The van der Waals surface area contributed by atoms with Crippen molar-refractivity contribution in [2.45, 2.75) is 64.8 Å². The lowest BCUT2D eigenvalue weighted by atomic mass is 10.0. The summed E-state index contributed by atoms with van der Waals surface area (Å²) < 4.78 is 5.09. The molecule has 0 aromatic heterocycles. The van der Waals surface area contributed by atoms with Gasteiger partial charge in [-0.05, 0) is 46.1 Å². The number of hydroxylamine groups is 2. The Morgan fingerprint density at radius 1 is 1.24 bits per heavy atom. The molecular formula is C19H30N2O4. The van der Waals surface area contributed by atoms with Gasteiger partial charge in [-0.2, -0.15) is 0 Å². The van der Waals surface area contributed by atoms with Gasteiger partial charge in [0.25, 0.3) is 0 Å². The van der Waals surface area contributed by atoms with E-state index in [1.165, 1.54) is 0 Å². The molecule has 1 fully saturated rings. The smallest absolute Gasteiger partial charge is 0.323 e. The standard InChI is InChI=1S/C19H30N2O4/c1-5-23-18(22)17-12-11-16(13-20-17)21(25-19(2,3)4)24-14-15-9-7-6-8-10-15/h6-10,16-17,20H,5,11-14H2,1-4H3/t16-,17+/m1/s1. The molecule has 1 aliphatic rings. The summed E-state index contributed by atoms with van der Waals surface area (Å²) in [6.45, 7) is 9.24. The number of ether oxygens (including phenoxy) is 1. The zero-order chi connectivity index (χ0) is 18.3. The van der Waals surface area contributed by atoms with Gasteiger partial charge in [0.05, 0.1) is 24.9 Å². The van der Waals surface area contributed by atoms with Crippen LogP contribution >= 0.6 is 0 Å². The highest BCUT2D eigenvalue weighted by atomic mass is 17.0. The summed E-state index contributed by atoms with van der Waals surface area (Å²) in [7, 11) is 0. The maximum Gasteiger partial charge on any atom is 0.323 e. The number of piperidine rings is 1. The van der Waals surface area contributed by atoms with Crippen LogP contribution < -0.4 is 5.32 Å². The zero-order valence-corrected chi connectivity index (χ0v) is 15.7. The first kappa shape index (κ1) is 19.8. The Morgan fingerprint density at radius 2 is 1.96 bits per heavy atom. The van der Waals surface area contributed by atoms with Crippen LogP contribution in [0.25, 0.3) is 0 Å². The molecule has 6 heteroatoms. The molecule has 0 unspecified atom stereocenters. The molecule has 0 radical (unpaired) electrons. The van der Waals surface area contributed by atoms with Gasteiger partial charge >= 0.3 is 5.97 Å². The molecule has 0 amide bonds. The summed E-state index contributed by atoms with van der Waals surface area (Å²) in [5, 5.41) is 4.84. The zero-order valence-electron chi connectivity index (χ0n) is 15.7. The Hall–Kier alpha value is -1.47. The van der Waals surface area contributed by atoms with Gasteiger partial charge in [-0.1, -0.05) is 35.6 Å². The average Bonchev–Trinajstić information content (AvgIpc) is 2.59. The fraction of sp³-hybridized carbons (Fsp3) is 0.632. The summed E-state index contributed by atoms with van der Waals surface area (Å²) >= 11 is 0. The van der Waals surface area contributed by atoms with Crippen LogP contribution in [-0.4, -0.2) is 42.0 Å². The topological polar surface area (TPSA) is 60.0 Å². The number of nitrogens with one attached hydrogen (secondary N) is 1. The Bertz CT molecular complexity index is 522. The second-order valence-electron chi connectivity index (χ2n) is 7.19. The number of hydrogen-bond acceptors (Lipinski definition) is 6. The van der Waals surface area contributed by atoms with Crippen molar-refractivity contribution in [3.8, 4) is 0 Å². The fourth-order valence-corrected chi connectivity index (χ4v) is 2.65. The molecule has 25 heavy (non-hydrogen) atoms. The lowest BCUT2D eigenvalue weighted by Gasteiger charge is -2.38. The van der Waals surface area contributed by atoms with E-state index in [-0.39, 0.29) is 23.7 Å². The molecule has 2 rings (SSSR count). The van der Waals surface area contributed by atoms with Gasteiger partial charge in [-0.15, -0.1) is 0 Å². The third-order valence-corrected chi connectivity index (χ3v) is 3.82. The van der Waals surface area contributed by atoms with Crippen molar-refractivity contribution in [1.82, 2.24) is 10.5 Å². The van der Waals surface area contributed by atoms with Crippen molar-refractivity contribution >= 4 is 5.97 Å². The van der Waals surface area contributed by atoms with E-state index < -0.39 is 0 Å². The predicted molar refractivity (Wildman–Crippen MR) is 95.4 cm³/mol. The van der Waals surface area contributed by atoms with Crippen LogP contribution in [0.2, 0.25) is 0 Å². The van der Waals surface area contributed by atoms with E-state index in [0.717, 1.165) is 12.0 Å². The SMILES string of the molecule is CCOC(=O)[C@@H]1CC[C@@H](N(OCc2ccccc2)OC(C)(C)C)CN1. The van der Waals surface area contributed by atoms with Crippen molar-refractivity contribution in [3.05, 3.63) is 35.9 Å². The summed E-state index contributed by atoms with van der Waals surface area (Å²) in [6.07, 6.45) is 1.49. The van der Waals surface area contributed by atoms with Gasteiger partial charge in [-0.25, -0.2) is 0 Å². The highest BCUT2D eigenvalue weighted by Crippen LogP contribution is 2.21. The first-order valence-corrected chi connectivity index (χ1v) is 8.94. The number of rotatable bonds is 7. The van der Waals surface area contributed by atoms with Crippen molar-refractivity contribution in [2.24, 2.45) is 0 Å². The van der Waals surface area contributed by atoms with Gasteiger partial charge in [0.1, 0.15) is 6.04 Å². The largest absolute Gasteiger partial charge is 0.465 e. The van der Waals surface area contributed by atoms with Gasteiger partial charge in [0.15, 0.2) is 0 Å². The molecule has 1 saturated heterocycles. The molecule has 0 aliphatic carbocycles. The molecule has 1 N–H and O–H groups in total. The van der Waals surface area contributed by atoms with E-state index in [1.54, 1.807) is 5.23 Å². The molecule has 140 valence electrons. The second-order valence-corrected chi connectivity index (χ2v) is 7.19. The predicted octanol–water partition coefficient (Wildman–Crippen LogP) is 2.83. The normalized spacial score (nSPS) is 21.3. The van der Waals surface area contributed by atoms with Crippen molar-refractivity contribution < 1.29 is 19.2 Å². The van der Waals surface area contributed by atoms with Gasteiger partial charge in [0, 0.05) is 6.54 Å². The lowest BCUT2D eigenvalue weighted by molar-refractivity contribution is -0.425. The van der Waals surface area contributed by atoms with Crippen molar-refractivity contribution in [2.75, 3.05) is 13.2 Å². The van der Waals surface area contributed by atoms with E-state index in [0.29, 0.717) is 26.2 Å². The maximum atomic E-state index is 11.9. The first-order chi connectivity index (χ1) is 11.9. The van der Waals surface area contributed by atoms with Crippen molar-refractivity contribution in [1.29, 1.82) is 0 Å². The van der Waals surface area contributed by atoms with Crippen LogP contribution in [-0.2, 0) is 25.8 Å². The van der Waals surface area contributed by atoms with E-state index in [4.69, 9.17) is 14.4 Å². The molecule has 2 atom stereocenters. The molecule has 0 bridgehead atoms. The minimum Gasteiger partial charge on any atom is -0.465 e. The Morgan fingerprint density at radius 3 is 2.52 bits per heavy atom. The van der Waals surface area contributed by atoms with E-state index in [9.17, 15) is 4.79 Å². The highest BCUT2D eigenvalue weighted by Gasteiger charge is 2.33. The number of carbonyl (C=O) groups is 1. The number of hydrogen-bond donors (Lipinski definition) is 1. The van der Waals surface area contributed by atoms with Crippen LogP contribution in [0.4, 0.5) is 0 Å². The lowest BCUT2D eigenvalue weighted by Crippen LogP contribution is -2.53. The third kappa shape index (κ3) is 6.74. The van der Waals surface area contributed by atoms with Crippen LogP contribution in [0.5, 0.6) is 0 Å². The number of esters is 1. The maximum absolute atomic E-state index is 11.9. The van der Waals surface area contributed by atoms with Gasteiger partial charge < -0.3 is 10.1 Å². The van der Waals surface area contributed by atoms with Crippen molar-refractivity contribution in [3.63, 3.8) is 0 Å². The molecular weight excluding hydrogens is 320 g/mol. The molecule has 1 heterocycles. The molecule has 6 nitrogen and oxygen atoms in total. The second kappa shape index (κ2) is 9.29. The van der Waals surface area contributed by atoms with Crippen LogP contribution in [0.3, 0.4) is 0 Å². The Kier molecular flexibility index (Phi) is 7.38. The van der Waals surface area contributed by atoms with Gasteiger partial charge in [0.2, 0.25) is 0 Å². The highest BCUT2D eigenvalue weighted by molar-refractivity contribution is 5.75. The fourth-order valence-electron chi connectivity index (χ4n) is 2.65. The van der Waals surface area contributed by atoms with Crippen LogP contribution in [0.15, 0.2) is 30.3 Å². The Labute approximate surface area is 150 Å². The molecule has 1 aromatic rings.